The van der Waals surface area contributed by atoms with Crippen LogP contribution in [0.3, 0.4) is 0 Å². The number of ether oxygens (including phenoxy) is 1. The molecule has 0 aliphatic carbocycles. The number of pyridine rings is 1. The van der Waals surface area contributed by atoms with Gasteiger partial charge >= 0.3 is 0 Å². The van der Waals surface area contributed by atoms with E-state index in [0.717, 1.165) is 48.7 Å². The van der Waals surface area contributed by atoms with Crippen molar-refractivity contribution in [3.63, 3.8) is 0 Å². The number of nitriles is 1. The van der Waals surface area contributed by atoms with E-state index < -0.39 is 0 Å². The molecule has 7 nitrogen and oxygen atoms in total. The highest BCUT2D eigenvalue weighted by Gasteiger charge is 2.21. The zero-order valence-electron chi connectivity index (χ0n) is 16.6. The van der Waals surface area contributed by atoms with Crippen LogP contribution in [0.2, 0.25) is 0 Å². The minimum absolute atomic E-state index is 0.0285. The van der Waals surface area contributed by atoms with Gasteiger partial charge in [0, 0.05) is 25.4 Å². The quantitative estimate of drug-likeness (QED) is 0.631. The summed E-state index contributed by atoms with van der Waals surface area (Å²) in [5.74, 6) is 0.637. The molecule has 3 heterocycles. The summed E-state index contributed by atoms with van der Waals surface area (Å²) in [5.41, 5.74) is 5.85. The van der Waals surface area contributed by atoms with Crippen LogP contribution in [-0.4, -0.2) is 40.5 Å². The van der Waals surface area contributed by atoms with Gasteiger partial charge < -0.3 is 15.4 Å². The van der Waals surface area contributed by atoms with Crippen molar-refractivity contribution in [1.82, 2.24) is 20.1 Å². The lowest BCUT2D eigenvalue weighted by atomic mass is 10.1. The maximum Gasteiger partial charge on any atom is 0.237 e. The summed E-state index contributed by atoms with van der Waals surface area (Å²) in [6.07, 6.45) is 2.77. The van der Waals surface area contributed by atoms with Gasteiger partial charge in [0.2, 0.25) is 5.88 Å². The Morgan fingerprint density at radius 3 is 2.86 bits per heavy atom. The summed E-state index contributed by atoms with van der Waals surface area (Å²) in [4.78, 5) is 4.51. The fourth-order valence-corrected chi connectivity index (χ4v) is 3.47. The number of nitrogens with one attached hydrogen (secondary N) is 2. The fraction of sp³-hybridized carbons (Fsp3) is 0.318. The first-order valence-corrected chi connectivity index (χ1v) is 9.74. The predicted molar refractivity (Wildman–Crippen MR) is 112 cm³/mol. The molecule has 0 saturated carbocycles. The van der Waals surface area contributed by atoms with E-state index >= 15 is 0 Å². The van der Waals surface area contributed by atoms with Crippen LogP contribution >= 0.6 is 0 Å². The summed E-state index contributed by atoms with van der Waals surface area (Å²) in [6, 6.07) is 14.0. The van der Waals surface area contributed by atoms with Crippen LogP contribution in [0, 0.1) is 18.3 Å². The molecule has 4 rings (SSSR count). The Hall–Kier alpha value is -3.37. The normalized spacial score (nSPS) is 15.1. The molecule has 0 fully saturated rings. The van der Waals surface area contributed by atoms with Crippen LogP contribution in [0.5, 0.6) is 5.88 Å². The minimum atomic E-state index is 0.0285. The summed E-state index contributed by atoms with van der Waals surface area (Å²) in [6.45, 7) is 4.31. The molecule has 1 aliphatic heterocycles. The standard InChI is InChI=1S/C22H24N6O/c1-15-9-21(28(2)27-15)18-10-20-22(26-12-18)29-19(14-25-20)13-24-8-7-16-3-5-17(11-23)6-4-16/h3-6,9-10,12,19,24-25H,7-8,13-14H2,1-2H3. The Labute approximate surface area is 170 Å². The predicted octanol–water partition coefficient (Wildman–Crippen LogP) is 2.67. The van der Waals surface area contributed by atoms with Crippen molar-refractivity contribution in [1.29, 1.82) is 5.26 Å². The van der Waals surface area contributed by atoms with Gasteiger partial charge in [-0.25, -0.2) is 4.98 Å². The van der Waals surface area contributed by atoms with Gasteiger partial charge in [-0.1, -0.05) is 12.1 Å². The number of hydrogen-bond donors (Lipinski definition) is 2. The van der Waals surface area contributed by atoms with E-state index in [1.807, 2.05) is 55.2 Å². The van der Waals surface area contributed by atoms with Crippen LogP contribution in [0.4, 0.5) is 5.69 Å². The van der Waals surface area contributed by atoms with Crippen molar-refractivity contribution < 1.29 is 4.74 Å². The van der Waals surface area contributed by atoms with Crippen LogP contribution in [-0.2, 0) is 13.5 Å². The second kappa shape index (κ2) is 8.33. The summed E-state index contributed by atoms with van der Waals surface area (Å²) >= 11 is 0. The number of nitrogens with zero attached hydrogens (tertiary/aromatic N) is 4. The van der Waals surface area contributed by atoms with Crippen LogP contribution < -0.4 is 15.4 Å². The molecule has 29 heavy (non-hydrogen) atoms. The van der Waals surface area contributed by atoms with Crippen LogP contribution in [0.15, 0.2) is 42.6 Å². The molecule has 0 bridgehead atoms. The Balaban J connectivity index is 1.30. The first-order valence-electron chi connectivity index (χ1n) is 9.74. The highest BCUT2D eigenvalue weighted by molar-refractivity contribution is 5.68. The van der Waals surface area contributed by atoms with E-state index in [-0.39, 0.29) is 6.10 Å². The Morgan fingerprint density at radius 1 is 1.31 bits per heavy atom. The number of fused-ring (bicyclic) bond motifs is 1. The molecule has 148 valence electrons. The number of hydrogen-bond acceptors (Lipinski definition) is 6. The van der Waals surface area contributed by atoms with Gasteiger partial charge in [-0.2, -0.15) is 10.4 Å². The molecule has 1 aromatic carbocycles. The Kier molecular flexibility index (Phi) is 5.45. The molecule has 0 radical (unpaired) electrons. The molecular weight excluding hydrogens is 364 g/mol. The maximum absolute atomic E-state index is 8.85. The molecule has 2 N–H and O–H groups in total. The van der Waals surface area contributed by atoms with Crippen molar-refractivity contribution in [2.75, 3.05) is 25.0 Å². The van der Waals surface area contributed by atoms with E-state index in [1.165, 1.54) is 5.56 Å². The smallest absolute Gasteiger partial charge is 0.237 e. The lowest BCUT2D eigenvalue weighted by Crippen LogP contribution is -2.40. The molecule has 0 saturated heterocycles. The molecular formula is C22H24N6O. The van der Waals surface area contributed by atoms with Gasteiger partial charge in [-0.3, -0.25) is 4.68 Å². The fourth-order valence-electron chi connectivity index (χ4n) is 3.47. The van der Waals surface area contributed by atoms with Crippen LogP contribution in [0.1, 0.15) is 16.8 Å². The SMILES string of the molecule is Cc1cc(-c2cnc3c(c2)NCC(CNCCc2ccc(C#N)cc2)O3)n(C)n1. The summed E-state index contributed by atoms with van der Waals surface area (Å²) < 4.78 is 7.91. The zero-order chi connectivity index (χ0) is 20.2. The second-order valence-corrected chi connectivity index (χ2v) is 7.25. The van der Waals surface area contributed by atoms with Gasteiger partial charge in [0.1, 0.15) is 6.10 Å². The molecule has 3 aromatic rings. The first kappa shape index (κ1) is 19.0. The van der Waals surface area contributed by atoms with Gasteiger partial charge in [0.25, 0.3) is 0 Å². The molecule has 1 aliphatic rings. The largest absolute Gasteiger partial charge is 0.470 e. The van der Waals surface area contributed by atoms with E-state index in [1.54, 1.807) is 0 Å². The van der Waals surface area contributed by atoms with Crippen molar-refractivity contribution in [2.45, 2.75) is 19.4 Å². The van der Waals surface area contributed by atoms with Crippen molar-refractivity contribution in [2.24, 2.45) is 7.05 Å². The lowest BCUT2D eigenvalue weighted by Gasteiger charge is -2.27. The number of anilines is 1. The number of aryl methyl sites for hydroxylation is 2. The van der Waals surface area contributed by atoms with E-state index in [0.29, 0.717) is 11.4 Å². The third kappa shape index (κ3) is 4.39. The molecule has 0 amide bonds. The molecule has 1 unspecified atom stereocenters. The van der Waals surface area contributed by atoms with Crippen molar-refractivity contribution >= 4 is 5.69 Å². The lowest BCUT2D eigenvalue weighted by molar-refractivity contribution is 0.194. The number of rotatable bonds is 6. The van der Waals surface area contributed by atoms with Gasteiger partial charge in [-0.05, 0) is 49.7 Å². The topological polar surface area (TPSA) is 87.8 Å². The third-order valence-electron chi connectivity index (χ3n) is 4.99. The van der Waals surface area contributed by atoms with Gasteiger partial charge in [-0.15, -0.1) is 0 Å². The van der Waals surface area contributed by atoms with Crippen molar-refractivity contribution in [3.8, 4) is 23.2 Å². The molecule has 7 heteroatoms. The average Bonchev–Trinajstić information content (AvgIpc) is 3.09. The van der Waals surface area contributed by atoms with E-state index in [2.05, 4.69) is 32.9 Å². The van der Waals surface area contributed by atoms with Gasteiger partial charge in [0.15, 0.2) is 0 Å². The number of benzene rings is 1. The summed E-state index contributed by atoms with van der Waals surface area (Å²) in [7, 11) is 1.94. The third-order valence-corrected chi connectivity index (χ3v) is 4.99. The molecule has 2 aromatic heterocycles. The van der Waals surface area contributed by atoms with E-state index in [9.17, 15) is 0 Å². The van der Waals surface area contributed by atoms with Gasteiger partial charge in [0.05, 0.1) is 35.3 Å². The van der Waals surface area contributed by atoms with Crippen molar-refractivity contribution in [3.05, 3.63) is 59.4 Å². The first-order chi connectivity index (χ1) is 14.1. The Morgan fingerprint density at radius 2 is 2.14 bits per heavy atom. The highest BCUT2D eigenvalue weighted by atomic mass is 16.5. The monoisotopic (exact) mass is 388 g/mol. The highest BCUT2D eigenvalue weighted by Crippen LogP contribution is 2.31. The summed E-state index contributed by atoms with van der Waals surface area (Å²) in [5, 5.41) is 20.1. The van der Waals surface area contributed by atoms with E-state index in [4.69, 9.17) is 10.00 Å². The van der Waals surface area contributed by atoms with Crippen LogP contribution in [0.25, 0.3) is 11.3 Å². The molecule has 1 atom stereocenters. The minimum Gasteiger partial charge on any atom is -0.470 e. The maximum atomic E-state index is 8.85. The average molecular weight is 388 g/mol. The second-order valence-electron chi connectivity index (χ2n) is 7.25. The Bertz CT molecular complexity index is 1030. The number of aromatic nitrogens is 3. The zero-order valence-corrected chi connectivity index (χ0v) is 16.6. The molecule has 0 spiro atoms.